The molecule has 0 spiro atoms. The molecule has 0 radical (unpaired) electrons. The second-order valence-corrected chi connectivity index (χ2v) is 8.59. The molecule has 2 atom stereocenters. The third kappa shape index (κ3) is 13.6. The number of hydrogen-bond acceptors (Lipinski definition) is 2. The van der Waals surface area contributed by atoms with Crippen LogP contribution in [-0.4, -0.2) is 29.9 Å². The van der Waals surface area contributed by atoms with Gasteiger partial charge in [0.2, 0.25) is 5.91 Å². The smallest absolute Gasteiger partial charge is 0.222 e. The van der Waals surface area contributed by atoms with Gasteiger partial charge in [0.25, 0.3) is 0 Å². The highest BCUT2D eigenvalue weighted by atomic mass is 16.1. The topological polar surface area (TPSA) is 46.3 Å². The zero-order valence-electron chi connectivity index (χ0n) is 19.8. The van der Waals surface area contributed by atoms with Gasteiger partial charge in [0.15, 0.2) is 0 Å². The van der Waals surface area contributed by atoms with Crippen molar-refractivity contribution in [1.82, 2.24) is 4.90 Å². The number of primary amides is 1. The molecule has 0 bridgehead atoms. The molecule has 0 aromatic heterocycles. The lowest BCUT2D eigenvalue weighted by atomic mass is 9.89. The maximum absolute atomic E-state index is 12.0. The van der Waals surface area contributed by atoms with Gasteiger partial charge in [0.05, 0.1) is 5.92 Å². The number of hydrogen-bond donors (Lipinski definition) is 1. The highest BCUT2D eigenvalue weighted by Crippen LogP contribution is 2.22. The van der Waals surface area contributed by atoms with Gasteiger partial charge in [-0.05, 0) is 25.9 Å². The van der Waals surface area contributed by atoms with E-state index in [1.54, 1.807) is 0 Å². The second-order valence-electron chi connectivity index (χ2n) is 8.59. The third-order valence-corrected chi connectivity index (χ3v) is 6.40. The molecule has 0 aliphatic heterocycles. The van der Waals surface area contributed by atoms with Crippen LogP contribution in [0, 0.1) is 5.92 Å². The van der Waals surface area contributed by atoms with Gasteiger partial charge in [0, 0.05) is 6.04 Å². The van der Waals surface area contributed by atoms with Gasteiger partial charge < -0.3 is 10.6 Å². The molecule has 1 amide bonds. The highest BCUT2D eigenvalue weighted by Gasteiger charge is 2.28. The first-order valence-electron chi connectivity index (χ1n) is 12.7. The molecule has 0 rings (SSSR count). The van der Waals surface area contributed by atoms with Crippen molar-refractivity contribution in [3.63, 3.8) is 0 Å². The quantitative estimate of drug-likeness (QED) is 0.211. The molecular formula is C25H52N2O. The minimum absolute atomic E-state index is 0.0160. The van der Waals surface area contributed by atoms with Crippen molar-refractivity contribution in [3.05, 3.63) is 0 Å². The first kappa shape index (κ1) is 27.4. The maximum atomic E-state index is 12.0. The number of carbonyl (C=O) groups excluding carboxylic acids is 1. The Morgan fingerprint density at radius 1 is 0.679 bits per heavy atom. The summed E-state index contributed by atoms with van der Waals surface area (Å²) in [6.07, 6.45) is 21.1. The van der Waals surface area contributed by atoms with Gasteiger partial charge in [-0.3, -0.25) is 4.79 Å². The van der Waals surface area contributed by atoms with Crippen LogP contribution >= 0.6 is 0 Å². The van der Waals surface area contributed by atoms with Crippen LogP contribution in [0.2, 0.25) is 0 Å². The third-order valence-electron chi connectivity index (χ3n) is 6.40. The number of nitrogens with two attached hydrogens (primary N) is 1. The Balaban J connectivity index is 3.72. The molecule has 0 saturated carbocycles. The highest BCUT2D eigenvalue weighted by molar-refractivity contribution is 5.77. The Labute approximate surface area is 177 Å². The zero-order chi connectivity index (χ0) is 21.0. The molecule has 168 valence electrons. The average molecular weight is 397 g/mol. The van der Waals surface area contributed by atoms with E-state index in [9.17, 15) is 4.79 Å². The molecule has 0 aromatic carbocycles. The van der Waals surface area contributed by atoms with E-state index in [1.165, 1.54) is 83.5 Å². The molecule has 2 N–H and O–H groups in total. The second kappa shape index (κ2) is 19.7. The summed E-state index contributed by atoms with van der Waals surface area (Å²) in [5.74, 6) is -0.0873. The maximum Gasteiger partial charge on any atom is 0.222 e. The van der Waals surface area contributed by atoms with Crippen molar-refractivity contribution in [2.75, 3.05) is 13.1 Å². The summed E-state index contributed by atoms with van der Waals surface area (Å²) in [7, 11) is 0. The lowest BCUT2D eigenvalue weighted by molar-refractivity contribution is -0.124. The average Bonchev–Trinajstić information content (AvgIpc) is 2.69. The first-order chi connectivity index (χ1) is 13.6. The normalized spacial score (nSPS) is 13.8. The van der Waals surface area contributed by atoms with Gasteiger partial charge in [-0.15, -0.1) is 0 Å². The van der Waals surface area contributed by atoms with Crippen LogP contribution in [0.25, 0.3) is 0 Å². The van der Waals surface area contributed by atoms with E-state index < -0.39 is 0 Å². The number of amides is 1. The summed E-state index contributed by atoms with van der Waals surface area (Å²) in [5, 5.41) is 0. The Morgan fingerprint density at radius 2 is 1.07 bits per heavy atom. The van der Waals surface area contributed by atoms with E-state index in [0.717, 1.165) is 32.4 Å². The van der Waals surface area contributed by atoms with Gasteiger partial charge in [-0.1, -0.05) is 118 Å². The SMILES string of the molecule is CCCCCCCCCCCCCCCCC(C(N)=O)C(CC)N(CC)CC. The van der Waals surface area contributed by atoms with Crippen molar-refractivity contribution < 1.29 is 4.79 Å². The van der Waals surface area contributed by atoms with Crippen molar-refractivity contribution in [2.24, 2.45) is 11.7 Å². The van der Waals surface area contributed by atoms with E-state index in [4.69, 9.17) is 5.73 Å². The molecule has 3 heteroatoms. The van der Waals surface area contributed by atoms with Crippen LogP contribution in [0.3, 0.4) is 0 Å². The summed E-state index contributed by atoms with van der Waals surface area (Å²) in [6, 6.07) is 0.314. The fourth-order valence-corrected chi connectivity index (χ4v) is 4.57. The number of nitrogens with zero attached hydrogens (tertiary/aromatic N) is 1. The van der Waals surface area contributed by atoms with Crippen LogP contribution < -0.4 is 5.73 Å². The fraction of sp³-hybridized carbons (Fsp3) is 0.960. The van der Waals surface area contributed by atoms with E-state index in [2.05, 4.69) is 32.6 Å². The van der Waals surface area contributed by atoms with E-state index >= 15 is 0 Å². The van der Waals surface area contributed by atoms with Crippen LogP contribution in [0.5, 0.6) is 0 Å². The molecule has 0 fully saturated rings. The summed E-state index contributed by atoms with van der Waals surface area (Å²) >= 11 is 0. The van der Waals surface area contributed by atoms with Crippen molar-refractivity contribution >= 4 is 5.91 Å². The number of carbonyl (C=O) groups is 1. The Hall–Kier alpha value is -0.570. The van der Waals surface area contributed by atoms with Crippen molar-refractivity contribution in [3.8, 4) is 0 Å². The van der Waals surface area contributed by atoms with Crippen LogP contribution in [0.1, 0.15) is 130 Å². The van der Waals surface area contributed by atoms with Gasteiger partial charge >= 0.3 is 0 Å². The minimum atomic E-state index is -0.103. The fourth-order valence-electron chi connectivity index (χ4n) is 4.57. The van der Waals surface area contributed by atoms with E-state index in [0.29, 0.717) is 6.04 Å². The summed E-state index contributed by atoms with van der Waals surface area (Å²) in [4.78, 5) is 14.4. The monoisotopic (exact) mass is 396 g/mol. The first-order valence-corrected chi connectivity index (χ1v) is 12.7. The molecule has 0 aliphatic carbocycles. The molecule has 0 saturated heterocycles. The summed E-state index contributed by atoms with van der Waals surface area (Å²) in [6.45, 7) is 10.8. The van der Waals surface area contributed by atoms with Crippen LogP contribution in [0.4, 0.5) is 0 Å². The number of rotatable bonds is 21. The summed E-state index contributed by atoms with van der Waals surface area (Å²) in [5.41, 5.74) is 5.75. The Kier molecular flexibility index (Phi) is 19.3. The molecule has 3 nitrogen and oxygen atoms in total. The van der Waals surface area contributed by atoms with Gasteiger partial charge in [-0.2, -0.15) is 0 Å². The molecule has 0 aliphatic rings. The standard InChI is InChI=1S/C25H52N2O/c1-5-9-10-11-12-13-14-15-16-17-18-19-20-21-22-23(25(26)28)24(6-2)27(7-3)8-4/h23-24H,5-22H2,1-4H3,(H2,26,28). The van der Waals surface area contributed by atoms with Gasteiger partial charge in [-0.25, -0.2) is 0 Å². The lowest BCUT2D eigenvalue weighted by Crippen LogP contribution is -2.45. The van der Waals surface area contributed by atoms with E-state index in [-0.39, 0.29) is 11.8 Å². The van der Waals surface area contributed by atoms with Crippen LogP contribution in [-0.2, 0) is 4.79 Å². The molecule has 28 heavy (non-hydrogen) atoms. The predicted octanol–water partition coefficient (Wildman–Crippen LogP) is 7.08. The summed E-state index contributed by atoms with van der Waals surface area (Å²) < 4.78 is 0. The van der Waals surface area contributed by atoms with Crippen LogP contribution in [0.15, 0.2) is 0 Å². The molecule has 0 aromatic rings. The predicted molar refractivity (Wildman–Crippen MR) is 125 cm³/mol. The lowest BCUT2D eigenvalue weighted by Gasteiger charge is -2.34. The minimum Gasteiger partial charge on any atom is -0.369 e. The van der Waals surface area contributed by atoms with Crippen molar-refractivity contribution in [1.29, 1.82) is 0 Å². The Bertz CT molecular complexity index is 341. The van der Waals surface area contributed by atoms with E-state index in [1.807, 2.05) is 0 Å². The molecule has 2 unspecified atom stereocenters. The zero-order valence-corrected chi connectivity index (χ0v) is 19.8. The molecular weight excluding hydrogens is 344 g/mol. The number of unbranched alkanes of at least 4 members (excludes halogenated alkanes) is 13. The van der Waals surface area contributed by atoms with Crippen molar-refractivity contribution in [2.45, 2.75) is 136 Å². The molecule has 0 heterocycles. The Morgan fingerprint density at radius 3 is 1.39 bits per heavy atom. The van der Waals surface area contributed by atoms with Gasteiger partial charge in [0.1, 0.15) is 0 Å². The largest absolute Gasteiger partial charge is 0.369 e.